The highest BCUT2D eigenvalue weighted by atomic mass is 16.7. The first kappa shape index (κ1) is 14.0. The minimum Gasteiger partial charge on any atom is -0.390 e. The van der Waals surface area contributed by atoms with Gasteiger partial charge in [-0.25, -0.2) is 0 Å². The molecule has 20 heavy (non-hydrogen) atoms. The third kappa shape index (κ3) is 2.36. The summed E-state index contributed by atoms with van der Waals surface area (Å²) in [5.41, 5.74) is 0.154. The summed E-state index contributed by atoms with van der Waals surface area (Å²) in [5.74, 6) is 0. The Hall–Kier alpha value is -0.980. The van der Waals surface area contributed by atoms with Gasteiger partial charge >= 0.3 is 0 Å². The van der Waals surface area contributed by atoms with Gasteiger partial charge in [0.1, 0.15) is 11.7 Å². The third-order valence-corrected chi connectivity index (χ3v) is 4.13. The molecule has 5 nitrogen and oxygen atoms in total. The summed E-state index contributed by atoms with van der Waals surface area (Å²) >= 11 is 0. The Kier molecular flexibility index (Phi) is 3.79. The molecule has 1 aromatic carbocycles. The molecule has 2 aliphatic rings. The van der Waals surface area contributed by atoms with Crippen LogP contribution in [0.3, 0.4) is 0 Å². The molecule has 2 saturated heterocycles. The predicted octanol–water partition coefficient (Wildman–Crippen LogP) is 1.61. The number of aliphatic hydroxyl groups excluding tert-OH is 1. The van der Waals surface area contributed by atoms with Crippen LogP contribution in [0, 0.1) is 0 Å². The van der Waals surface area contributed by atoms with Crippen molar-refractivity contribution in [3.8, 4) is 0 Å². The molecule has 0 saturated carbocycles. The van der Waals surface area contributed by atoms with E-state index in [1.54, 1.807) is 7.11 Å². The van der Waals surface area contributed by atoms with Crippen LogP contribution in [0.25, 0.3) is 0 Å². The summed E-state index contributed by atoms with van der Waals surface area (Å²) in [7, 11) is 1.57. The van der Waals surface area contributed by atoms with Gasteiger partial charge in [-0.05, 0) is 6.92 Å². The van der Waals surface area contributed by atoms with Crippen molar-refractivity contribution >= 4 is 0 Å². The topological polar surface area (TPSA) is 57.2 Å². The van der Waals surface area contributed by atoms with Crippen molar-refractivity contribution in [2.45, 2.75) is 43.7 Å². The number of hydrogen-bond donors (Lipinski definition) is 1. The first-order valence-electron chi connectivity index (χ1n) is 6.84. The fourth-order valence-electron chi connectivity index (χ4n) is 2.73. The molecule has 2 fully saturated rings. The van der Waals surface area contributed by atoms with E-state index in [1.165, 1.54) is 0 Å². The van der Waals surface area contributed by atoms with Crippen molar-refractivity contribution in [2.24, 2.45) is 0 Å². The van der Waals surface area contributed by atoms with Crippen LogP contribution in [0.1, 0.15) is 25.2 Å². The maximum atomic E-state index is 10.4. The number of fused-ring (bicyclic) bond motifs is 1. The standard InChI is InChI=1S/C15H20O5/c1-15-11(16)8-13(17-2)19-12(15)9-18-14(20-15)10-6-4-3-5-7-10/h3-7,11-14,16H,8-9H2,1-2H3. The summed E-state index contributed by atoms with van der Waals surface area (Å²) in [6, 6.07) is 9.71. The van der Waals surface area contributed by atoms with E-state index in [9.17, 15) is 5.11 Å². The van der Waals surface area contributed by atoms with Gasteiger partial charge in [-0.15, -0.1) is 0 Å². The molecule has 1 N–H and O–H groups in total. The van der Waals surface area contributed by atoms with Crippen molar-refractivity contribution in [3.05, 3.63) is 35.9 Å². The quantitative estimate of drug-likeness (QED) is 0.892. The van der Waals surface area contributed by atoms with Crippen LogP contribution in [0.15, 0.2) is 30.3 Å². The second-order valence-corrected chi connectivity index (χ2v) is 5.42. The summed E-state index contributed by atoms with van der Waals surface area (Å²) in [4.78, 5) is 0. The summed E-state index contributed by atoms with van der Waals surface area (Å²) in [6.07, 6.45) is -1.49. The van der Waals surface area contributed by atoms with Crippen LogP contribution in [0.2, 0.25) is 0 Å². The predicted molar refractivity (Wildman–Crippen MR) is 70.9 cm³/mol. The van der Waals surface area contributed by atoms with Gasteiger partial charge in [0.25, 0.3) is 0 Å². The molecule has 0 radical (unpaired) electrons. The van der Waals surface area contributed by atoms with Gasteiger partial charge in [0.2, 0.25) is 0 Å². The highest BCUT2D eigenvalue weighted by molar-refractivity contribution is 5.17. The maximum Gasteiger partial charge on any atom is 0.184 e. The lowest BCUT2D eigenvalue weighted by Gasteiger charge is -2.50. The number of hydrogen-bond acceptors (Lipinski definition) is 5. The number of benzene rings is 1. The van der Waals surface area contributed by atoms with E-state index in [1.807, 2.05) is 37.3 Å². The zero-order valence-corrected chi connectivity index (χ0v) is 11.7. The SMILES string of the molecule is COC1CC(O)C2(C)OC(c3ccccc3)OCC2O1. The van der Waals surface area contributed by atoms with Crippen LogP contribution in [0.4, 0.5) is 0 Å². The van der Waals surface area contributed by atoms with Crippen molar-refractivity contribution in [2.75, 3.05) is 13.7 Å². The van der Waals surface area contributed by atoms with E-state index in [-0.39, 0.29) is 6.10 Å². The number of ether oxygens (including phenoxy) is 4. The van der Waals surface area contributed by atoms with E-state index in [2.05, 4.69) is 0 Å². The van der Waals surface area contributed by atoms with E-state index in [4.69, 9.17) is 18.9 Å². The van der Waals surface area contributed by atoms with E-state index >= 15 is 0 Å². The second kappa shape index (κ2) is 5.42. The van der Waals surface area contributed by atoms with Gasteiger partial charge in [0.05, 0.1) is 12.7 Å². The highest BCUT2D eigenvalue weighted by Gasteiger charge is 2.53. The van der Waals surface area contributed by atoms with Gasteiger partial charge in [0.15, 0.2) is 12.6 Å². The van der Waals surface area contributed by atoms with Crippen molar-refractivity contribution in [1.82, 2.24) is 0 Å². The van der Waals surface area contributed by atoms with E-state index < -0.39 is 24.3 Å². The van der Waals surface area contributed by atoms with Crippen molar-refractivity contribution < 1.29 is 24.1 Å². The Labute approximate surface area is 118 Å². The molecule has 1 aromatic rings. The average molecular weight is 280 g/mol. The van der Waals surface area contributed by atoms with Crippen LogP contribution in [-0.2, 0) is 18.9 Å². The highest BCUT2D eigenvalue weighted by Crippen LogP contribution is 2.41. The Morgan fingerprint density at radius 1 is 1.30 bits per heavy atom. The molecule has 0 bridgehead atoms. The smallest absolute Gasteiger partial charge is 0.184 e. The zero-order valence-electron chi connectivity index (χ0n) is 11.7. The summed E-state index contributed by atoms with van der Waals surface area (Å²) in [5, 5.41) is 10.4. The fraction of sp³-hybridized carbons (Fsp3) is 0.600. The van der Waals surface area contributed by atoms with Gasteiger partial charge in [-0.2, -0.15) is 0 Å². The number of rotatable bonds is 2. The third-order valence-electron chi connectivity index (χ3n) is 4.13. The first-order valence-corrected chi connectivity index (χ1v) is 6.84. The van der Waals surface area contributed by atoms with Crippen LogP contribution in [-0.4, -0.2) is 42.9 Å². The molecular formula is C15H20O5. The van der Waals surface area contributed by atoms with Gasteiger partial charge in [0, 0.05) is 19.1 Å². The van der Waals surface area contributed by atoms with Crippen LogP contribution >= 0.6 is 0 Å². The molecule has 0 aromatic heterocycles. The van der Waals surface area contributed by atoms with Gasteiger partial charge in [-0.3, -0.25) is 0 Å². The molecule has 0 spiro atoms. The Balaban J connectivity index is 1.79. The van der Waals surface area contributed by atoms with E-state index in [0.29, 0.717) is 13.0 Å². The molecule has 0 aliphatic carbocycles. The lowest BCUT2D eigenvalue weighted by atomic mass is 9.86. The minimum absolute atomic E-state index is 0.337. The molecule has 5 unspecified atom stereocenters. The Bertz CT molecular complexity index is 451. The molecule has 3 rings (SSSR count). The Morgan fingerprint density at radius 3 is 2.75 bits per heavy atom. The van der Waals surface area contributed by atoms with Crippen molar-refractivity contribution in [1.29, 1.82) is 0 Å². The Morgan fingerprint density at radius 2 is 2.05 bits per heavy atom. The number of methoxy groups -OCH3 is 1. The zero-order chi connectivity index (χ0) is 14.2. The molecular weight excluding hydrogens is 260 g/mol. The summed E-state index contributed by atoms with van der Waals surface area (Å²) in [6.45, 7) is 2.24. The van der Waals surface area contributed by atoms with Crippen LogP contribution < -0.4 is 0 Å². The molecule has 0 amide bonds. The second-order valence-electron chi connectivity index (χ2n) is 5.42. The van der Waals surface area contributed by atoms with Gasteiger partial charge < -0.3 is 24.1 Å². The monoisotopic (exact) mass is 280 g/mol. The average Bonchev–Trinajstić information content (AvgIpc) is 2.48. The van der Waals surface area contributed by atoms with E-state index in [0.717, 1.165) is 5.56 Å². The van der Waals surface area contributed by atoms with Crippen molar-refractivity contribution in [3.63, 3.8) is 0 Å². The molecule has 5 atom stereocenters. The lowest BCUT2D eigenvalue weighted by molar-refractivity contribution is -0.371. The largest absolute Gasteiger partial charge is 0.390 e. The maximum absolute atomic E-state index is 10.4. The lowest BCUT2D eigenvalue weighted by Crippen LogP contribution is -2.63. The van der Waals surface area contributed by atoms with Crippen LogP contribution in [0.5, 0.6) is 0 Å². The molecule has 2 heterocycles. The number of aliphatic hydroxyl groups is 1. The normalized spacial score (nSPS) is 41.1. The minimum atomic E-state index is -0.784. The first-order chi connectivity index (χ1) is 9.63. The summed E-state index contributed by atoms with van der Waals surface area (Å²) < 4.78 is 22.7. The molecule has 2 aliphatic heterocycles. The molecule has 5 heteroatoms. The fourth-order valence-corrected chi connectivity index (χ4v) is 2.73. The molecule has 110 valence electrons. The van der Waals surface area contributed by atoms with Gasteiger partial charge in [-0.1, -0.05) is 30.3 Å².